The van der Waals surface area contributed by atoms with Crippen molar-refractivity contribution >= 4 is 62.8 Å². The molecule has 0 saturated heterocycles. The Balaban J connectivity index is 1.81. The molecule has 0 radical (unpaired) electrons. The second kappa shape index (κ2) is 10.3. The lowest BCUT2D eigenvalue weighted by atomic mass is 10.1. The first-order valence-electron chi connectivity index (χ1n) is 8.82. The minimum atomic E-state index is -0.612. The van der Waals surface area contributed by atoms with Gasteiger partial charge in [-0.05, 0) is 60.2 Å². The number of nitrogens with zero attached hydrogens (tertiary/aromatic N) is 1. The zero-order valence-electron chi connectivity index (χ0n) is 15.7. The Kier molecular flexibility index (Phi) is 7.48. The van der Waals surface area contributed by atoms with Gasteiger partial charge in [-0.25, -0.2) is 4.79 Å². The number of carbonyl (C=O) groups excluding carboxylic acids is 2. The van der Waals surface area contributed by atoms with Crippen molar-refractivity contribution in [1.29, 1.82) is 5.26 Å². The number of rotatable bonds is 5. The highest BCUT2D eigenvalue weighted by atomic mass is 79.9. The Hall–Kier alpha value is -3.11. The van der Waals surface area contributed by atoms with Crippen molar-refractivity contribution < 1.29 is 14.3 Å². The van der Waals surface area contributed by atoms with Crippen LogP contribution in [0.3, 0.4) is 0 Å². The van der Waals surface area contributed by atoms with Crippen LogP contribution in [0.1, 0.15) is 15.9 Å². The van der Waals surface area contributed by atoms with Gasteiger partial charge in [0.2, 0.25) is 0 Å². The van der Waals surface area contributed by atoms with Gasteiger partial charge in [0.1, 0.15) is 11.6 Å². The molecule has 0 aliphatic carbocycles. The molecule has 5 nitrogen and oxygen atoms in total. The van der Waals surface area contributed by atoms with E-state index < -0.39 is 11.9 Å². The Morgan fingerprint density at radius 2 is 1.61 bits per heavy atom. The molecule has 3 rings (SSSR count). The number of hydrogen-bond acceptors (Lipinski definition) is 4. The fourth-order valence-corrected chi connectivity index (χ4v) is 3.38. The third-order valence-corrected chi connectivity index (χ3v) is 5.09. The monoisotopic (exact) mass is 514 g/mol. The van der Waals surface area contributed by atoms with Gasteiger partial charge in [0.25, 0.3) is 5.91 Å². The van der Waals surface area contributed by atoms with E-state index in [9.17, 15) is 14.9 Å². The topological polar surface area (TPSA) is 79.2 Å². The summed E-state index contributed by atoms with van der Waals surface area (Å²) < 4.78 is 6.17. The van der Waals surface area contributed by atoms with Crippen LogP contribution in [0.4, 0.5) is 5.69 Å². The van der Waals surface area contributed by atoms with Crippen LogP contribution in [-0.2, 0) is 4.79 Å². The SMILES string of the molecule is N#C/C(=C\c1cc(Cl)c(OC(=O)c2ccccc2)c(Cl)c1)C(=O)Nc1ccc(Br)cc1. The molecule has 31 heavy (non-hydrogen) atoms. The molecule has 0 atom stereocenters. The summed E-state index contributed by atoms with van der Waals surface area (Å²) in [5.74, 6) is -1.21. The molecule has 3 aromatic rings. The number of nitriles is 1. The number of ether oxygens (including phenoxy) is 1. The molecule has 0 saturated carbocycles. The van der Waals surface area contributed by atoms with E-state index in [2.05, 4.69) is 21.2 Å². The summed E-state index contributed by atoms with van der Waals surface area (Å²) in [4.78, 5) is 24.7. The van der Waals surface area contributed by atoms with E-state index in [1.807, 2.05) is 6.07 Å². The van der Waals surface area contributed by atoms with Crippen LogP contribution in [0.15, 0.2) is 76.8 Å². The smallest absolute Gasteiger partial charge is 0.343 e. The number of anilines is 1. The first-order chi connectivity index (χ1) is 14.9. The third-order valence-electron chi connectivity index (χ3n) is 4.00. The number of benzene rings is 3. The van der Waals surface area contributed by atoms with Gasteiger partial charge in [0, 0.05) is 10.2 Å². The summed E-state index contributed by atoms with van der Waals surface area (Å²) in [6.45, 7) is 0. The predicted octanol–water partition coefficient (Wildman–Crippen LogP) is 6.52. The summed E-state index contributed by atoms with van der Waals surface area (Å²) in [5.41, 5.74) is 1.13. The van der Waals surface area contributed by atoms with E-state index in [4.69, 9.17) is 27.9 Å². The molecular weight excluding hydrogens is 503 g/mol. The fourth-order valence-electron chi connectivity index (χ4n) is 2.53. The minimum absolute atomic E-state index is 0.00726. The zero-order valence-corrected chi connectivity index (χ0v) is 18.8. The van der Waals surface area contributed by atoms with Crippen LogP contribution in [-0.4, -0.2) is 11.9 Å². The zero-order chi connectivity index (χ0) is 22.4. The largest absolute Gasteiger partial charge is 0.420 e. The summed E-state index contributed by atoms with van der Waals surface area (Å²) >= 11 is 15.8. The Morgan fingerprint density at radius 3 is 2.19 bits per heavy atom. The van der Waals surface area contributed by atoms with Gasteiger partial charge < -0.3 is 10.1 Å². The fraction of sp³-hybridized carbons (Fsp3) is 0. The highest BCUT2D eigenvalue weighted by molar-refractivity contribution is 9.10. The number of esters is 1. The molecule has 0 unspecified atom stereocenters. The van der Waals surface area contributed by atoms with Crippen molar-refractivity contribution in [2.75, 3.05) is 5.32 Å². The van der Waals surface area contributed by atoms with Gasteiger partial charge in [-0.1, -0.05) is 57.3 Å². The van der Waals surface area contributed by atoms with E-state index in [0.29, 0.717) is 16.8 Å². The van der Waals surface area contributed by atoms with E-state index in [1.54, 1.807) is 54.6 Å². The lowest BCUT2D eigenvalue weighted by Gasteiger charge is -2.10. The number of carbonyl (C=O) groups is 2. The number of amides is 1. The average Bonchev–Trinajstić information content (AvgIpc) is 2.76. The molecule has 3 aromatic carbocycles. The minimum Gasteiger partial charge on any atom is -0.420 e. The molecule has 0 spiro atoms. The standard InChI is InChI=1S/C23H13BrCl2N2O3/c24-17-6-8-18(9-7-17)28-22(29)16(13-27)10-14-11-19(25)21(20(26)12-14)31-23(30)15-4-2-1-3-5-15/h1-12H,(H,28,29)/b16-10+. The van der Waals surface area contributed by atoms with E-state index in [0.717, 1.165) is 4.47 Å². The van der Waals surface area contributed by atoms with Gasteiger partial charge in [-0.3, -0.25) is 4.79 Å². The molecule has 0 aliphatic heterocycles. The van der Waals surface area contributed by atoms with Gasteiger partial charge in [0.05, 0.1) is 15.6 Å². The van der Waals surface area contributed by atoms with Crippen LogP contribution in [0.2, 0.25) is 10.0 Å². The molecule has 1 N–H and O–H groups in total. The summed E-state index contributed by atoms with van der Waals surface area (Å²) in [7, 11) is 0. The molecule has 154 valence electrons. The van der Waals surface area contributed by atoms with Crippen molar-refractivity contribution in [1.82, 2.24) is 0 Å². The second-order valence-corrected chi connectivity index (χ2v) is 7.93. The van der Waals surface area contributed by atoms with Crippen molar-refractivity contribution in [3.63, 3.8) is 0 Å². The van der Waals surface area contributed by atoms with Crippen molar-refractivity contribution in [2.45, 2.75) is 0 Å². The van der Waals surface area contributed by atoms with E-state index >= 15 is 0 Å². The van der Waals surface area contributed by atoms with Gasteiger partial charge in [-0.2, -0.15) is 5.26 Å². The lowest BCUT2D eigenvalue weighted by Crippen LogP contribution is -2.13. The molecule has 1 amide bonds. The van der Waals surface area contributed by atoms with Gasteiger partial charge >= 0.3 is 5.97 Å². The molecule has 0 heterocycles. The normalized spacial score (nSPS) is 10.8. The first kappa shape index (κ1) is 22.6. The maximum Gasteiger partial charge on any atom is 0.343 e. The quantitative estimate of drug-likeness (QED) is 0.181. The van der Waals surface area contributed by atoms with E-state index in [1.165, 1.54) is 18.2 Å². The van der Waals surface area contributed by atoms with Gasteiger partial charge in [-0.15, -0.1) is 0 Å². The van der Waals surface area contributed by atoms with Crippen LogP contribution < -0.4 is 10.1 Å². The molecule has 0 aliphatic rings. The highest BCUT2D eigenvalue weighted by Gasteiger charge is 2.16. The van der Waals surface area contributed by atoms with Crippen LogP contribution in [0.5, 0.6) is 5.75 Å². The lowest BCUT2D eigenvalue weighted by molar-refractivity contribution is -0.112. The summed E-state index contributed by atoms with van der Waals surface area (Å²) in [5, 5.41) is 12.2. The molecule has 0 aromatic heterocycles. The van der Waals surface area contributed by atoms with Crippen LogP contribution in [0.25, 0.3) is 6.08 Å². The first-order valence-corrected chi connectivity index (χ1v) is 10.4. The molecule has 8 heteroatoms. The molecule has 0 fully saturated rings. The highest BCUT2D eigenvalue weighted by Crippen LogP contribution is 2.35. The Morgan fingerprint density at radius 1 is 1.00 bits per heavy atom. The second-order valence-electron chi connectivity index (χ2n) is 6.20. The maximum absolute atomic E-state index is 12.4. The van der Waals surface area contributed by atoms with Gasteiger partial charge in [0.15, 0.2) is 5.75 Å². The van der Waals surface area contributed by atoms with E-state index in [-0.39, 0.29) is 21.4 Å². The average molecular weight is 516 g/mol. The van der Waals surface area contributed by atoms with Crippen LogP contribution >= 0.6 is 39.1 Å². The summed E-state index contributed by atoms with van der Waals surface area (Å²) in [6, 6.07) is 20.1. The number of halogens is 3. The molecule has 0 bridgehead atoms. The van der Waals surface area contributed by atoms with Crippen LogP contribution in [0, 0.1) is 11.3 Å². The van der Waals surface area contributed by atoms with Crippen molar-refractivity contribution in [2.24, 2.45) is 0 Å². The molecular formula is C23H13BrCl2N2O3. The summed E-state index contributed by atoms with van der Waals surface area (Å²) in [6.07, 6.45) is 1.34. The number of nitrogens with one attached hydrogen (secondary N) is 1. The predicted molar refractivity (Wildman–Crippen MR) is 124 cm³/mol. The maximum atomic E-state index is 12.4. The number of hydrogen-bond donors (Lipinski definition) is 1. The Labute approximate surface area is 197 Å². The Bertz CT molecular complexity index is 1180. The third kappa shape index (κ3) is 5.96. The van der Waals surface area contributed by atoms with Crippen molar-refractivity contribution in [3.8, 4) is 11.8 Å². The van der Waals surface area contributed by atoms with Crippen molar-refractivity contribution in [3.05, 3.63) is 97.9 Å².